The highest BCUT2D eigenvalue weighted by Gasteiger charge is 2.38. The van der Waals surface area contributed by atoms with Gasteiger partial charge in [-0.15, -0.1) is 0 Å². The van der Waals surface area contributed by atoms with E-state index in [0.29, 0.717) is 48.8 Å². The first-order valence-corrected chi connectivity index (χ1v) is 11.8. The van der Waals surface area contributed by atoms with E-state index in [4.69, 9.17) is 22.3 Å². The monoisotopic (exact) mass is 489 g/mol. The summed E-state index contributed by atoms with van der Waals surface area (Å²) in [6.45, 7) is 1.87. The highest BCUT2D eigenvalue weighted by atomic mass is 35.5. The van der Waals surface area contributed by atoms with Gasteiger partial charge in [0.1, 0.15) is 11.2 Å². The molecule has 11 heteroatoms. The van der Waals surface area contributed by atoms with Gasteiger partial charge in [-0.2, -0.15) is 4.98 Å². The highest BCUT2D eigenvalue weighted by Crippen LogP contribution is 2.43. The second-order valence-electron chi connectivity index (χ2n) is 9.51. The molecule has 0 spiro atoms. The molecule has 2 aliphatic carbocycles. The van der Waals surface area contributed by atoms with E-state index in [0.717, 1.165) is 25.0 Å². The summed E-state index contributed by atoms with van der Waals surface area (Å²) >= 11 is 5.78. The number of carbonyl (C=O) groups is 1. The van der Waals surface area contributed by atoms with Crippen LogP contribution in [-0.4, -0.2) is 31.5 Å². The summed E-state index contributed by atoms with van der Waals surface area (Å²) in [6.07, 6.45) is 7.37. The van der Waals surface area contributed by atoms with Crippen molar-refractivity contribution < 1.29 is 13.6 Å². The van der Waals surface area contributed by atoms with E-state index < -0.39 is 17.0 Å². The average molecular weight is 490 g/mol. The number of primary amides is 1. The zero-order chi connectivity index (χ0) is 24.0. The van der Waals surface area contributed by atoms with E-state index in [1.807, 2.05) is 11.5 Å². The molecule has 0 atom stereocenters. The van der Waals surface area contributed by atoms with Crippen molar-refractivity contribution in [1.29, 1.82) is 0 Å². The van der Waals surface area contributed by atoms with E-state index in [2.05, 4.69) is 20.6 Å². The molecule has 180 valence electrons. The van der Waals surface area contributed by atoms with Gasteiger partial charge in [0.05, 0.1) is 6.20 Å². The van der Waals surface area contributed by atoms with Gasteiger partial charge in [-0.3, -0.25) is 9.36 Å². The number of hydrogen-bond acceptors (Lipinski definition) is 6. The first-order valence-electron chi connectivity index (χ1n) is 11.5. The fourth-order valence-corrected chi connectivity index (χ4v) is 4.84. The van der Waals surface area contributed by atoms with Gasteiger partial charge in [0.15, 0.2) is 17.3 Å². The van der Waals surface area contributed by atoms with Crippen LogP contribution in [0.4, 0.5) is 26.4 Å². The minimum atomic E-state index is -0.827. The Morgan fingerprint density at radius 2 is 1.85 bits per heavy atom. The van der Waals surface area contributed by atoms with Crippen LogP contribution in [0.15, 0.2) is 18.3 Å². The molecule has 2 heterocycles. The van der Waals surface area contributed by atoms with Crippen LogP contribution < -0.4 is 16.4 Å². The van der Waals surface area contributed by atoms with Gasteiger partial charge < -0.3 is 16.4 Å². The summed E-state index contributed by atoms with van der Waals surface area (Å²) < 4.78 is 31.0. The Bertz CT molecular complexity index is 1230. The number of nitrogens with two attached hydrogens (primary N) is 1. The molecule has 2 aliphatic rings. The normalized spacial score (nSPS) is 23.0. The number of benzene rings is 1. The third-order valence-corrected chi connectivity index (χ3v) is 7.35. The number of hydrogen-bond donors (Lipinski definition) is 3. The van der Waals surface area contributed by atoms with Crippen molar-refractivity contribution in [2.75, 3.05) is 10.6 Å². The summed E-state index contributed by atoms with van der Waals surface area (Å²) in [6, 6.07) is 2.33. The maximum Gasteiger partial charge on any atom is 0.224 e. The van der Waals surface area contributed by atoms with Crippen LogP contribution in [0, 0.1) is 17.0 Å². The summed E-state index contributed by atoms with van der Waals surface area (Å²) in [5, 5.41) is 6.11. The van der Waals surface area contributed by atoms with Gasteiger partial charge in [0.2, 0.25) is 17.8 Å². The van der Waals surface area contributed by atoms with Crippen molar-refractivity contribution in [3.63, 3.8) is 0 Å². The molecule has 0 unspecified atom stereocenters. The van der Waals surface area contributed by atoms with Crippen molar-refractivity contribution in [2.24, 2.45) is 11.1 Å². The Kier molecular flexibility index (Phi) is 5.79. The predicted molar refractivity (Wildman–Crippen MR) is 126 cm³/mol. The van der Waals surface area contributed by atoms with Crippen LogP contribution in [0.2, 0.25) is 5.02 Å². The quantitative estimate of drug-likeness (QED) is 0.445. The molecule has 8 nitrogen and oxygen atoms in total. The number of amides is 1. The smallest absolute Gasteiger partial charge is 0.224 e. The Morgan fingerprint density at radius 1 is 1.18 bits per heavy atom. The second-order valence-corrected chi connectivity index (χ2v) is 9.94. The molecule has 4 N–H and O–H groups in total. The third kappa shape index (κ3) is 4.15. The van der Waals surface area contributed by atoms with Gasteiger partial charge in [-0.05, 0) is 57.1 Å². The molecule has 0 bridgehead atoms. The van der Waals surface area contributed by atoms with Gasteiger partial charge in [0, 0.05) is 22.5 Å². The number of halogens is 3. The topological polar surface area (TPSA) is 111 Å². The lowest BCUT2D eigenvalue weighted by Crippen LogP contribution is -2.38. The van der Waals surface area contributed by atoms with Crippen LogP contribution in [0.3, 0.4) is 0 Å². The number of imidazole rings is 1. The number of nitrogens with one attached hydrogen (secondary N) is 2. The van der Waals surface area contributed by atoms with E-state index in [1.165, 1.54) is 6.42 Å². The Labute approximate surface area is 200 Å². The summed E-state index contributed by atoms with van der Waals surface area (Å²) in [7, 11) is 0. The van der Waals surface area contributed by atoms with Crippen LogP contribution in [-0.2, 0) is 4.79 Å². The molecular weight excluding hydrogens is 464 g/mol. The minimum Gasteiger partial charge on any atom is -0.369 e. The summed E-state index contributed by atoms with van der Waals surface area (Å²) in [4.78, 5) is 25.6. The first-order chi connectivity index (χ1) is 16.2. The van der Waals surface area contributed by atoms with Gasteiger partial charge in [0.25, 0.3) is 0 Å². The van der Waals surface area contributed by atoms with Crippen LogP contribution in [0.1, 0.15) is 57.9 Å². The van der Waals surface area contributed by atoms with E-state index in [1.54, 1.807) is 6.20 Å². The molecule has 1 aromatic carbocycles. The van der Waals surface area contributed by atoms with Crippen molar-refractivity contribution >= 4 is 46.3 Å². The molecule has 2 fully saturated rings. The lowest BCUT2D eigenvalue weighted by atomic mass is 9.73. The molecule has 0 radical (unpaired) electrons. The SMILES string of the molecule is C[C@]1(C(N)=O)CC[C@H](n2c(Nc3c(F)cc(Cl)cc3F)nc3cnc(NC4CCC4)nc32)CC1. The summed E-state index contributed by atoms with van der Waals surface area (Å²) in [5.74, 6) is -1.23. The first kappa shape index (κ1) is 22.8. The van der Waals surface area contributed by atoms with Crippen molar-refractivity contribution in [1.82, 2.24) is 19.5 Å². The Balaban J connectivity index is 1.55. The molecule has 2 saturated carbocycles. The lowest BCUT2D eigenvalue weighted by molar-refractivity contribution is -0.128. The molecule has 2 aromatic heterocycles. The Hall–Kier alpha value is -3.01. The van der Waals surface area contributed by atoms with Gasteiger partial charge in [-0.1, -0.05) is 18.5 Å². The summed E-state index contributed by atoms with van der Waals surface area (Å²) in [5.41, 5.74) is 5.75. The zero-order valence-electron chi connectivity index (χ0n) is 18.7. The molecular formula is C23H26ClF2N7O. The highest BCUT2D eigenvalue weighted by molar-refractivity contribution is 6.30. The molecule has 34 heavy (non-hydrogen) atoms. The standard InChI is InChI=1S/C23H26ClF2N7O/c1-23(20(27)34)7-5-14(6-8-23)33-19-17(11-28-21(32-19)29-13-3-2-4-13)30-22(33)31-18-15(25)9-12(24)10-16(18)26/h9-11,13-14H,2-8H2,1H3,(H2,27,34)(H,30,31)(H,28,29,32)/t14-,23-. The fraction of sp³-hybridized carbons (Fsp3) is 0.478. The second kappa shape index (κ2) is 8.65. The Morgan fingerprint density at radius 3 is 2.44 bits per heavy atom. The van der Waals surface area contributed by atoms with Crippen molar-refractivity contribution in [3.8, 4) is 0 Å². The maximum absolute atomic E-state index is 14.6. The van der Waals surface area contributed by atoms with Gasteiger partial charge >= 0.3 is 0 Å². The lowest BCUT2D eigenvalue weighted by Gasteiger charge is -2.35. The number of carbonyl (C=O) groups excluding carboxylic acids is 1. The molecule has 3 aromatic rings. The molecule has 0 aliphatic heterocycles. The van der Waals surface area contributed by atoms with E-state index >= 15 is 0 Å². The maximum atomic E-state index is 14.6. The van der Waals surface area contributed by atoms with E-state index in [-0.39, 0.29) is 28.6 Å². The van der Waals surface area contributed by atoms with Crippen LogP contribution >= 0.6 is 11.6 Å². The molecule has 1 amide bonds. The van der Waals surface area contributed by atoms with Crippen molar-refractivity contribution in [2.45, 2.75) is 64.0 Å². The number of aromatic nitrogens is 4. The van der Waals surface area contributed by atoms with E-state index in [9.17, 15) is 13.6 Å². The third-order valence-electron chi connectivity index (χ3n) is 7.13. The van der Waals surface area contributed by atoms with Gasteiger partial charge in [-0.25, -0.2) is 18.7 Å². The zero-order valence-corrected chi connectivity index (χ0v) is 19.5. The predicted octanol–water partition coefficient (Wildman–Crippen LogP) is 5.07. The fourth-order valence-electron chi connectivity index (χ4n) is 4.65. The minimum absolute atomic E-state index is 0.0374. The molecule has 5 rings (SSSR count). The van der Waals surface area contributed by atoms with Crippen molar-refractivity contribution in [3.05, 3.63) is 35.0 Å². The number of anilines is 3. The van der Waals surface area contributed by atoms with Crippen LogP contribution in [0.25, 0.3) is 11.2 Å². The number of rotatable bonds is 6. The van der Waals surface area contributed by atoms with Crippen LogP contribution in [0.5, 0.6) is 0 Å². The number of nitrogens with zero attached hydrogens (tertiary/aromatic N) is 4. The largest absolute Gasteiger partial charge is 0.369 e. The number of fused-ring (bicyclic) bond motifs is 1. The molecule has 0 saturated heterocycles. The average Bonchev–Trinajstić information content (AvgIpc) is 3.11.